The fourth-order valence-electron chi connectivity index (χ4n) is 4.07. The summed E-state index contributed by atoms with van der Waals surface area (Å²) in [5, 5.41) is 9.38. The number of rotatable bonds is 4. The molecule has 1 amide bonds. The van der Waals surface area contributed by atoms with Gasteiger partial charge in [0.05, 0.1) is 17.5 Å². The van der Waals surface area contributed by atoms with Crippen molar-refractivity contribution in [3.05, 3.63) is 51.7 Å². The van der Waals surface area contributed by atoms with Gasteiger partial charge in [-0.2, -0.15) is 5.26 Å². The number of carbonyl (C=O) groups is 1. The van der Waals surface area contributed by atoms with Crippen molar-refractivity contribution in [2.24, 2.45) is 0 Å². The molecule has 1 saturated heterocycles. The van der Waals surface area contributed by atoms with Crippen LogP contribution in [0.4, 0.5) is 0 Å². The molecule has 28 heavy (non-hydrogen) atoms. The number of amides is 1. The molecule has 6 heteroatoms. The molecule has 0 spiro atoms. The molecule has 2 aliphatic heterocycles. The highest BCUT2D eigenvalue weighted by molar-refractivity contribution is 7.13. The fourth-order valence-corrected chi connectivity index (χ4v) is 5.09. The van der Waals surface area contributed by atoms with Crippen molar-refractivity contribution in [2.45, 2.75) is 57.5 Å². The summed E-state index contributed by atoms with van der Waals surface area (Å²) in [7, 11) is 0. The SMILES string of the molecule is CC1(C)Oc2cc(C#N)sc2[C@H](N2CCCCC2=O)[C@H]1OCc1ccccc1. The van der Waals surface area contributed by atoms with Gasteiger partial charge in [0.1, 0.15) is 28.4 Å². The highest BCUT2D eigenvalue weighted by Gasteiger charge is 2.49. The van der Waals surface area contributed by atoms with Crippen LogP contribution in [0, 0.1) is 11.3 Å². The molecule has 5 nitrogen and oxygen atoms in total. The summed E-state index contributed by atoms with van der Waals surface area (Å²) >= 11 is 1.41. The summed E-state index contributed by atoms with van der Waals surface area (Å²) in [6.45, 7) is 5.15. The van der Waals surface area contributed by atoms with Crippen molar-refractivity contribution in [2.75, 3.05) is 6.54 Å². The third-order valence-electron chi connectivity index (χ3n) is 5.42. The third-order valence-corrected chi connectivity index (χ3v) is 6.51. The van der Waals surface area contributed by atoms with E-state index in [1.165, 1.54) is 11.3 Å². The van der Waals surface area contributed by atoms with Crippen LogP contribution in [0.3, 0.4) is 0 Å². The van der Waals surface area contributed by atoms with Crippen LogP contribution >= 0.6 is 11.3 Å². The van der Waals surface area contributed by atoms with Crippen molar-refractivity contribution in [1.82, 2.24) is 4.90 Å². The van der Waals surface area contributed by atoms with E-state index in [1.807, 2.05) is 49.1 Å². The van der Waals surface area contributed by atoms with E-state index in [1.54, 1.807) is 6.07 Å². The van der Waals surface area contributed by atoms with Gasteiger partial charge in [-0.1, -0.05) is 30.3 Å². The summed E-state index contributed by atoms with van der Waals surface area (Å²) in [5.41, 5.74) is 0.453. The number of ether oxygens (including phenoxy) is 2. The molecule has 0 bridgehead atoms. The minimum absolute atomic E-state index is 0.153. The number of thiophene rings is 1. The molecule has 0 aliphatic carbocycles. The highest BCUT2D eigenvalue weighted by Crippen LogP contribution is 2.49. The second-order valence-electron chi connectivity index (χ2n) is 7.86. The third kappa shape index (κ3) is 3.52. The van der Waals surface area contributed by atoms with Crippen LogP contribution in [0.2, 0.25) is 0 Å². The van der Waals surface area contributed by atoms with Gasteiger partial charge in [0, 0.05) is 19.0 Å². The van der Waals surface area contributed by atoms with Gasteiger partial charge in [-0.3, -0.25) is 4.79 Å². The zero-order valence-corrected chi connectivity index (χ0v) is 17.0. The van der Waals surface area contributed by atoms with Gasteiger partial charge < -0.3 is 14.4 Å². The molecule has 1 aromatic heterocycles. The van der Waals surface area contributed by atoms with Crippen molar-refractivity contribution in [3.63, 3.8) is 0 Å². The Morgan fingerprint density at radius 2 is 2.11 bits per heavy atom. The van der Waals surface area contributed by atoms with Gasteiger partial charge in [0.15, 0.2) is 0 Å². The number of carbonyl (C=O) groups excluding carboxylic acids is 1. The second kappa shape index (κ2) is 7.57. The molecule has 3 heterocycles. The normalized spacial score (nSPS) is 23.6. The van der Waals surface area contributed by atoms with Crippen LogP contribution in [-0.2, 0) is 16.1 Å². The Bertz CT molecular complexity index is 900. The lowest BCUT2D eigenvalue weighted by atomic mass is 9.88. The summed E-state index contributed by atoms with van der Waals surface area (Å²) in [4.78, 5) is 16.2. The average Bonchev–Trinajstić information content (AvgIpc) is 3.09. The van der Waals surface area contributed by atoms with Gasteiger partial charge in [-0.25, -0.2) is 0 Å². The predicted octanol–water partition coefficient (Wildman–Crippen LogP) is 4.43. The van der Waals surface area contributed by atoms with Crippen LogP contribution < -0.4 is 4.74 Å². The number of piperidine rings is 1. The lowest BCUT2D eigenvalue weighted by Crippen LogP contribution is -2.56. The van der Waals surface area contributed by atoms with Crippen LogP contribution in [0.15, 0.2) is 36.4 Å². The Balaban J connectivity index is 1.71. The summed E-state index contributed by atoms with van der Waals surface area (Å²) in [6, 6.07) is 13.8. The Hall–Kier alpha value is -2.36. The van der Waals surface area contributed by atoms with Gasteiger partial charge in [-0.05, 0) is 32.3 Å². The Morgan fingerprint density at radius 1 is 1.32 bits per heavy atom. The van der Waals surface area contributed by atoms with Gasteiger partial charge in [0.25, 0.3) is 0 Å². The number of hydrogen-bond donors (Lipinski definition) is 0. The zero-order valence-electron chi connectivity index (χ0n) is 16.2. The lowest BCUT2D eigenvalue weighted by Gasteiger charge is -2.48. The maximum atomic E-state index is 12.8. The maximum Gasteiger partial charge on any atom is 0.223 e. The summed E-state index contributed by atoms with van der Waals surface area (Å²) in [6.07, 6.45) is 2.15. The molecule has 2 aliphatic rings. The van der Waals surface area contributed by atoms with Crippen molar-refractivity contribution in [1.29, 1.82) is 5.26 Å². The van der Waals surface area contributed by atoms with E-state index in [-0.39, 0.29) is 18.1 Å². The van der Waals surface area contributed by atoms with Gasteiger partial charge >= 0.3 is 0 Å². The Labute approximate surface area is 169 Å². The second-order valence-corrected chi connectivity index (χ2v) is 8.95. The number of nitrogens with zero attached hydrogens (tertiary/aromatic N) is 2. The molecule has 4 rings (SSSR count). The molecule has 1 fully saturated rings. The summed E-state index contributed by atoms with van der Waals surface area (Å²) in [5.74, 6) is 0.856. The van der Waals surface area contributed by atoms with E-state index < -0.39 is 5.60 Å². The van der Waals surface area contributed by atoms with E-state index in [0.717, 1.165) is 23.3 Å². The number of nitriles is 1. The predicted molar refractivity (Wildman–Crippen MR) is 107 cm³/mol. The largest absolute Gasteiger partial charge is 0.484 e. The fraction of sp³-hybridized carbons (Fsp3) is 0.455. The molecule has 146 valence electrons. The molecule has 2 atom stereocenters. The Kier molecular flexibility index (Phi) is 5.13. The van der Waals surface area contributed by atoms with E-state index in [9.17, 15) is 10.1 Å². The van der Waals surface area contributed by atoms with E-state index in [0.29, 0.717) is 30.2 Å². The molecular formula is C22H24N2O3S. The van der Waals surface area contributed by atoms with Crippen LogP contribution in [-0.4, -0.2) is 29.1 Å². The van der Waals surface area contributed by atoms with Crippen LogP contribution in [0.1, 0.15) is 54.5 Å². The molecule has 0 N–H and O–H groups in total. The van der Waals surface area contributed by atoms with Crippen molar-refractivity contribution < 1.29 is 14.3 Å². The molecule has 2 aromatic rings. The first kappa shape index (κ1) is 19.0. The summed E-state index contributed by atoms with van der Waals surface area (Å²) < 4.78 is 12.7. The first-order valence-corrected chi connectivity index (χ1v) is 10.5. The van der Waals surface area contributed by atoms with Gasteiger partial charge in [-0.15, -0.1) is 11.3 Å². The van der Waals surface area contributed by atoms with Crippen molar-refractivity contribution >= 4 is 17.2 Å². The van der Waals surface area contributed by atoms with Crippen LogP contribution in [0.25, 0.3) is 0 Å². The molecule has 0 unspecified atom stereocenters. The molecule has 0 saturated carbocycles. The number of likely N-dealkylation sites (tertiary alicyclic amines) is 1. The van der Waals surface area contributed by atoms with E-state index in [2.05, 4.69) is 6.07 Å². The van der Waals surface area contributed by atoms with Crippen LogP contribution in [0.5, 0.6) is 5.75 Å². The van der Waals surface area contributed by atoms with Crippen molar-refractivity contribution in [3.8, 4) is 11.8 Å². The standard InChI is InChI=1S/C22H24N2O3S/c1-22(2)21(26-14-15-8-4-3-5-9-15)19(24-11-7-6-10-18(24)25)20-17(27-22)12-16(13-23)28-20/h3-5,8-9,12,19,21H,6-7,10-11,14H2,1-2H3/t19-,21+/m0/s1. The molecule has 0 radical (unpaired) electrons. The van der Waals surface area contributed by atoms with E-state index >= 15 is 0 Å². The maximum absolute atomic E-state index is 12.8. The zero-order chi connectivity index (χ0) is 19.7. The average molecular weight is 397 g/mol. The topological polar surface area (TPSA) is 62.6 Å². The number of benzene rings is 1. The van der Waals surface area contributed by atoms with E-state index in [4.69, 9.17) is 9.47 Å². The quantitative estimate of drug-likeness (QED) is 0.767. The van der Waals surface area contributed by atoms with Gasteiger partial charge in [0.2, 0.25) is 5.91 Å². The lowest BCUT2D eigenvalue weighted by molar-refractivity contribution is -0.157. The highest BCUT2D eigenvalue weighted by atomic mass is 32.1. The number of hydrogen-bond acceptors (Lipinski definition) is 5. The monoisotopic (exact) mass is 396 g/mol. The minimum atomic E-state index is -0.627. The number of fused-ring (bicyclic) bond motifs is 1. The molecular weight excluding hydrogens is 372 g/mol. The first-order valence-electron chi connectivity index (χ1n) is 9.67. The first-order chi connectivity index (χ1) is 13.5. The Morgan fingerprint density at radius 3 is 2.82 bits per heavy atom. The minimum Gasteiger partial charge on any atom is -0.484 e. The smallest absolute Gasteiger partial charge is 0.223 e. The molecule has 1 aromatic carbocycles.